The Hall–Kier alpha value is -4.22. The molecule has 0 atom stereocenters. The summed E-state index contributed by atoms with van der Waals surface area (Å²) in [4.78, 5) is 25.4. The third-order valence-corrected chi connectivity index (χ3v) is 4.60. The molecular weight excluding hydrogens is 437 g/mol. The molecule has 168 valence electrons. The number of aromatic nitrogens is 7. The highest BCUT2D eigenvalue weighted by atomic mass is 19.4. The SMILES string of the molecule is Cc1ccc(-c2cc(C(=O)NCc3ncc(C)cn3)cc(-n3nnnc3C(F)(F)F)c2)nc1. The van der Waals surface area contributed by atoms with Crippen molar-refractivity contribution in [2.45, 2.75) is 26.6 Å². The molecule has 0 bridgehead atoms. The number of nitrogens with zero attached hydrogens (tertiary/aromatic N) is 7. The topological polar surface area (TPSA) is 111 Å². The van der Waals surface area contributed by atoms with Crippen molar-refractivity contribution >= 4 is 5.91 Å². The lowest BCUT2D eigenvalue weighted by Crippen LogP contribution is -2.24. The Morgan fingerprint density at radius 2 is 1.73 bits per heavy atom. The maximum Gasteiger partial charge on any atom is 0.453 e. The molecule has 0 fully saturated rings. The van der Waals surface area contributed by atoms with Crippen LogP contribution in [0.2, 0.25) is 0 Å². The predicted molar refractivity (Wildman–Crippen MR) is 110 cm³/mol. The van der Waals surface area contributed by atoms with Crippen LogP contribution in [0.4, 0.5) is 13.2 Å². The number of halogens is 3. The van der Waals surface area contributed by atoms with Crippen molar-refractivity contribution in [1.29, 1.82) is 0 Å². The van der Waals surface area contributed by atoms with Crippen LogP contribution in [-0.2, 0) is 12.7 Å². The fourth-order valence-corrected chi connectivity index (χ4v) is 2.96. The van der Waals surface area contributed by atoms with E-state index in [-0.39, 0.29) is 17.8 Å². The summed E-state index contributed by atoms with van der Waals surface area (Å²) in [5.74, 6) is -1.45. The number of hydrogen-bond acceptors (Lipinski definition) is 7. The molecule has 0 aliphatic rings. The van der Waals surface area contributed by atoms with E-state index in [1.165, 1.54) is 18.2 Å². The largest absolute Gasteiger partial charge is 0.453 e. The molecule has 1 aromatic carbocycles. The molecule has 3 heterocycles. The number of hydrogen-bond donors (Lipinski definition) is 1. The molecule has 12 heteroatoms. The maximum absolute atomic E-state index is 13.4. The van der Waals surface area contributed by atoms with Gasteiger partial charge in [-0.2, -0.15) is 17.9 Å². The molecular formula is C21H17F3N8O. The van der Waals surface area contributed by atoms with E-state index in [1.807, 2.05) is 19.9 Å². The van der Waals surface area contributed by atoms with Gasteiger partial charge in [-0.3, -0.25) is 9.78 Å². The summed E-state index contributed by atoms with van der Waals surface area (Å²) in [5.41, 5.74) is 2.73. The lowest BCUT2D eigenvalue weighted by molar-refractivity contribution is -0.146. The smallest absolute Gasteiger partial charge is 0.345 e. The Bertz CT molecular complexity index is 1280. The van der Waals surface area contributed by atoms with Gasteiger partial charge in [-0.25, -0.2) is 9.97 Å². The lowest BCUT2D eigenvalue weighted by Gasteiger charge is -2.12. The third-order valence-electron chi connectivity index (χ3n) is 4.60. The van der Waals surface area contributed by atoms with Gasteiger partial charge in [0.25, 0.3) is 11.7 Å². The minimum Gasteiger partial charge on any atom is -0.345 e. The van der Waals surface area contributed by atoms with Crippen molar-refractivity contribution in [3.05, 3.63) is 77.3 Å². The molecule has 0 saturated carbocycles. The van der Waals surface area contributed by atoms with Crippen LogP contribution in [0, 0.1) is 13.8 Å². The van der Waals surface area contributed by atoms with Crippen LogP contribution in [0.3, 0.4) is 0 Å². The number of amides is 1. The molecule has 33 heavy (non-hydrogen) atoms. The van der Waals surface area contributed by atoms with Crippen molar-refractivity contribution in [3.8, 4) is 16.9 Å². The van der Waals surface area contributed by atoms with Crippen LogP contribution < -0.4 is 5.32 Å². The van der Waals surface area contributed by atoms with Gasteiger partial charge in [0.05, 0.1) is 17.9 Å². The molecule has 0 radical (unpaired) electrons. The number of tetrazole rings is 1. The first-order chi connectivity index (χ1) is 15.7. The summed E-state index contributed by atoms with van der Waals surface area (Å²) in [7, 11) is 0. The average Bonchev–Trinajstić information content (AvgIpc) is 3.29. The Balaban J connectivity index is 1.73. The van der Waals surface area contributed by atoms with Crippen molar-refractivity contribution < 1.29 is 18.0 Å². The molecule has 0 aliphatic carbocycles. The lowest BCUT2D eigenvalue weighted by atomic mass is 10.0. The van der Waals surface area contributed by atoms with E-state index < -0.39 is 17.9 Å². The minimum absolute atomic E-state index is 0.0380. The van der Waals surface area contributed by atoms with Crippen molar-refractivity contribution in [2.75, 3.05) is 0 Å². The molecule has 0 saturated heterocycles. The van der Waals surface area contributed by atoms with Gasteiger partial charge >= 0.3 is 6.18 Å². The van der Waals surface area contributed by atoms with Crippen LogP contribution in [0.5, 0.6) is 0 Å². The van der Waals surface area contributed by atoms with E-state index in [2.05, 4.69) is 35.8 Å². The third kappa shape index (κ3) is 5.00. The predicted octanol–water partition coefficient (Wildman–Crippen LogP) is 3.08. The van der Waals surface area contributed by atoms with Gasteiger partial charge in [-0.1, -0.05) is 6.07 Å². The Kier molecular flexibility index (Phi) is 5.82. The van der Waals surface area contributed by atoms with E-state index in [1.54, 1.807) is 24.7 Å². The molecule has 0 spiro atoms. The maximum atomic E-state index is 13.4. The van der Waals surface area contributed by atoms with Crippen molar-refractivity contribution in [2.24, 2.45) is 0 Å². The van der Waals surface area contributed by atoms with Crippen molar-refractivity contribution in [3.63, 3.8) is 0 Å². The number of aryl methyl sites for hydroxylation is 2. The Labute approximate surface area is 185 Å². The number of nitrogens with one attached hydrogen (secondary N) is 1. The fourth-order valence-electron chi connectivity index (χ4n) is 2.96. The van der Waals surface area contributed by atoms with Crippen LogP contribution in [-0.4, -0.2) is 41.1 Å². The van der Waals surface area contributed by atoms with Crippen LogP contribution in [0.15, 0.2) is 48.9 Å². The Morgan fingerprint density at radius 3 is 2.39 bits per heavy atom. The molecule has 3 aromatic heterocycles. The molecule has 0 aliphatic heterocycles. The van der Waals surface area contributed by atoms with Crippen LogP contribution in [0.1, 0.15) is 33.1 Å². The van der Waals surface area contributed by atoms with Gasteiger partial charge in [-0.15, -0.1) is 5.10 Å². The fraction of sp³-hybridized carbons (Fsp3) is 0.190. The molecule has 1 N–H and O–H groups in total. The van der Waals surface area contributed by atoms with Gasteiger partial charge in [0.1, 0.15) is 5.82 Å². The zero-order valence-corrected chi connectivity index (χ0v) is 17.5. The first kappa shape index (κ1) is 22.0. The second-order valence-corrected chi connectivity index (χ2v) is 7.26. The monoisotopic (exact) mass is 454 g/mol. The number of carbonyl (C=O) groups is 1. The Morgan fingerprint density at radius 1 is 1.00 bits per heavy atom. The second kappa shape index (κ2) is 8.73. The molecule has 1 amide bonds. The van der Waals surface area contributed by atoms with E-state index in [4.69, 9.17) is 0 Å². The number of pyridine rings is 1. The second-order valence-electron chi connectivity index (χ2n) is 7.26. The standard InChI is InChI=1S/C21H17F3N8O/c1-12-3-4-17(25-8-12)14-5-15(19(33)28-11-18-26-9-13(2)10-27-18)7-16(6-14)32-20(21(22,23)24)29-30-31-32/h3-10H,11H2,1-2H3,(H,28,33). The van der Waals surface area contributed by atoms with Gasteiger partial charge in [0.2, 0.25) is 0 Å². The normalized spacial score (nSPS) is 11.4. The summed E-state index contributed by atoms with van der Waals surface area (Å²) >= 11 is 0. The summed E-state index contributed by atoms with van der Waals surface area (Å²) in [6.07, 6.45) is 0.0702. The number of carbonyl (C=O) groups excluding carboxylic acids is 1. The summed E-state index contributed by atoms with van der Waals surface area (Å²) < 4.78 is 40.6. The molecule has 9 nitrogen and oxygen atoms in total. The van der Waals surface area contributed by atoms with E-state index >= 15 is 0 Å². The van der Waals surface area contributed by atoms with E-state index in [9.17, 15) is 18.0 Å². The number of benzene rings is 1. The summed E-state index contributed by atoms with van der Waals surface area (Å²) in [6, 6.07) is 7.75. The summed E-state index contributed by atoms with van der Waals surface area (Å²) in [5, 5.41) is 12.4. The first-order valence-electron chi connectivity index (χ1n) is 9.70. The van der Waals surface area contributed by atoms with Crippen molar-refractivity contribution in [1.82, 2.24) is 40.5 Å². The highest BCUT2D eigenvalue weighted by molar-refractivity contribution is 5.96. The number of alkyl halides is 3. The summed E-state index contributed by atoms with van der Waals surface area (Å²) in [6.45, 7) is 3.73. The van der Waals surface area contributed by atoms with E-state index in [0.717, 1.165) is 11.1 Å². The minimum atomic E-state index is -4.78. The van der Waals surface area contributed by atoms with Gasteiger partial charge in [0, 0.05) is 29.7 Å². The molecule has 0 unspecified atom stereocenters. The zero-order chi connectivity index (χ0) is 23.6. The van der Waals surface area contributed by atoms with Gasteiger partial charge < -0.3 is 5.32 Å². The van der Waals surface area contributed by atoms with Gasteiger partial charge in [-0.05, 0) is 59.7 Å². The first-order valence-corrected chi connectivity index (χ1v) is 9.70. The highest BCUT2D eigenvalue weighted by Crippen LogP contribution is 2.30. The number of rotatable bonds is 5. The highest BCUT2D eigenvalue weighted by Gasteiger charge is 2.38. The van der Waals surface area contributed by atoms with Crippen LogP contribution >= 0.6 is 0 Å². The quantitative estimate of drug-likeness (QED) is 0.493. The average molecular weight is 454 g/mol. The molecule has 4 aromatic rings. The van der Waals surface area contributed by atoms with Gasteiger partial charge in [0.15, 0.2) is 0 Å². The van der Waals surface area contributed by atoms with Crippen LogP contribution in [0.25, 0.3) is 16.9 Å². The van der Waals surface area contributed by atoms with E-state index in [0.29, 0.717) is 21.8 Å². The zero-order valence-electron chi connectivity index (χ0n) is 17.5. The molecule has 4 rings (SSSR count).